The van der Waals surface area contributed by atoms with Crippen molar-refractivity contribution in [2.75, 3.05) is 11.5 Å². The Balaban J connectivity index is 3.52. The molecule has 9 heteroatoms. The van der Waals surface area contributed by atoms with Crippen LogP contribution in [0.1, 0.15) is 12.1 Å². The monoisotopic (exact) mass is 238 g/mol. The number of hydrogen-bond donors (Lipinski definition) is 3. The molecule has 1 heterocycles. The summed E-state index contributed by atoms with van der Waals surface area (Å²) in [5.74, 6) is 0. The summed E-state index contributed by atoms with van der Waals surface area (Å²) >= 11 is 0. The van der Waals surface area contributed by atoms with E-state index in [0.29, 0.717) is 0 Å². The smallest absolute Gasteiger partial charge is 0.280 e. The van der Waals surface area contributed by atoms with E-state index >= 15 is 0 Å². The molecule has 0 radical (unpaired) electrons. The summed E-state index contributed by atoms with van der Waals surface area (Å²) in [6, 6.07) is 0.800. The molecule has 1 rings (SSSR count). The second kappa shape index (κ2) is 3.59. The Morgan fingerprint density at radius 3 is 2.27 bits per heavy atom. The lowest BCUT2D eigenvalue weighted by atomic mass is 10.3. The lowest BCUT2D eigenvalue weighted by molar-refractivity contribution is 0.145. The molecule has 0 amide bonds. The number of hydrogen-bond acceptors (Lipinski definition) is 5. The Morgan fingerprint density at radius 2 is 1.87 bits per heavy atom. The number of pyridine rings is 1. The number of rotatable bonds is 2. The average Bonchev–Trinajstić information content (AvgIpc) is 2.06. The Kier molecular flexibility index (Phi) is 2.77. The zero-order valence-electron chi connectivity index (χ0n) is 7.31. The molecule has 0 saturated heterocycles. The Labute approximate surface area is 84.1 Å². The second-order valence-corrected chi connectivity index (χ2v) is 4.18. The first-order chi connectivity index (χ1) is 6.73. The zero-order chi connectivity index (χ0) is 11.8. The third kappa shape index (κ3) is 2.30. The molecule has 1 aromatic rings. The van der Waals surface area contributed by atoms with E-state index in [1.165, 1.54) is 0 Å². The number of nitrogens with zero attached hydrogens (tertiary/aromatic N) is 1. The molecule has 0 spiro atoms. The minimum Gasteiger partial charge on any atom is -0.397 e. The second-order valence-electron chi connectivity index (χ2n) is 2.70. The van der Waals surface area contributed by atoms with Gasteiger partial charge in [-0.3, -0.25) is 0 Å². The maximum atomic E-state index is 12.3. The van der Waals surface area contributed by atoms with Crippen LogP contribution in [0.5, 0.6) is 0 Å². The summed E-state index contributed by atoms with van der Waals surface area (Å²) in [6.45, 7) is 0. The molecule has 84 valence electrons. The van der Waals surface area contributed by atoms with E-state index in [4.69, 9.17) is 16.6 Å². The highest BCUT2D eigenvalue weighted by atomic mass is 32.2. The molecule has 0 fully saturated rings. The number of primary sulfonamides is 1. The fourth-order valence-electron chi connectivity index (χ4n) is 0.899. The molecule has 6 nitrogen and oxygen atoms in total. The summed E-state index contributed by atoms with van der Waals surface area (Å²) < 4.78 is 46.3. The van der Waals surface area contributed by atoms with Crippen LogP contribution in [0, 0.1) is 0 Å². The summed E-state index contributed by atoms with van der Waals surface area (Å²) in [5, 5.41) is 3.89. The lowest BCUT2D eigenvalue weighted by Gasteiger charge is -2.08. The van der Waals surface area contributed by atoms with Gasteiger partial charge in [-0.1, -0.05) is 0 Å². The van der Waals surface area contributed by atoms with Crippen LogP contribution in [-0.4, -0.2) is 13.4 Å². The van der Waals surface area contributed by atoms with Gasteiger partial charge in [-0.15, -0.1) is 0 Å². The number of anilines is 2. The van der Waals surface area contributed by atoms with Crippen molar-refractivity contribution in [1.29, 1.82) is 0 Å². The third-order valence-corrected chi connectivity index (χ3v) is 2.42. The lowest BCUT2D eigenvalue weighted by Crippen LogP contribution is -2.18. The summed E-state index contributed by atoms with van der Waals surface area (Å²) in [6.07, 6.45) is -2.95. The Bertz CT molecular complexity index is 488. The zero-order valence-corrected chi connectivity index (χ0v) is 8.13. The predicted octanol–water partition coefficient (Wildman–Crippen LogP) is -0.169. The predicted molar refractivity (Wildman–Crippen MR) is 49.4 cm³/mol. The summed E-state index contributed by atoms with van der Waals surface area (Å²) in [4.78, 5) is 3.14. The van der Waals surface area contributed by atoms with Crippen molar-refractivity contribution in [3.05, 3.63) is 11.8 Å². The largest absolute Gasteiger partial charge is 0.397 e. The Hall–Kier alpha value is -1.48. The molecular weight excluding hydrogens is 230 g/mol. The minimum atomic E-state index is -4.26. The van der Waals surface area contributed by atoms with E-state index in [2.05, 4.69) is 4.98 Å². The van der Waals surface area contributed by atoms with Gasteiger partial charge in [-0.25, -0.2) is 27.3 Å². The molecule has 0 unspecified atom stereocenters. The topological polar surface area (TPSA) is 125 Å². The maximum Gasteiger partial charge on any atom is 0.280 e. The van der Waals surface area contributed by atoms with Crippen LogP contribution in [-0.2, 0) is 10.0 Å². The van der Waals surface area contributed by atoms with E-state index in [1.54, 1.807) is 0 Å². The summed E-state index contributed by atoms with van der Waals surface area (Å²) in [7, 11) is -4.26. The van der Waals surface area contributed by atoms with E-state index < -0.39 is 32.9 Å². The fourth-order valence-corrected chi connectivity index (χ4v) is 1.56. The van der Waals surface area contributed by atoms with E-state index in [9.17, 15) is 17.2 Å². The number of sulfonamides is 1. The first-order valence-corrected chi connectivity index (χ1v) is 5.15. The van der Waals surface area contributed by atoms with Gasteiger partial charge < -0.3 is 11.5 Å². The van der Waals surface area contributed by atoms with Crippen LogP contribution in [0.2, 0.25) is 0 Å². The first kappa shape index (κ1) is 11.6. The van der Waals surface area contributed by atoms with Gasteiger partial charge in [-0.05, 0) is 6.07 Å². The Morgan fingerprint density at radius 1 is 1.33 bits per heavy atom. The molecule has 0 aromatic carbocycles. The molecule has 6 N–H and O–H groups in total. The van der Waals surface area contributed by atoms with E-state index in [-0.39, 0.29) is 5.69 Å². The van der Waals surface area contributed by atoms with Crippen LogP contribution in [0.15, 0.2) is 11.1 Å². The molecule has 0 saturated carbocycles. The van der Waals surface area contributed by atoms with Gasteiger partial charge in [0.2, 0.25) is 0 Å². The molecule has 0 atom stereocenters. The molecule has 0 aliphatic rings. The SMILES string of the molecule is Nc1cc(C(F)F)nc(S(N)(=O)=O)c1N. The van der Waals surface area contributed by atoms with Crippen molar-refractivity contribution in [2.24, 2.45) is 5.14 Å². The molecule has 0 aliphatic carbocycles. The average molecular weight is 238 g/mol. The van der Waals surface area contributed by atoms with Gasteiger partial charge in [-0.2, -0.15) is 0 Å². The minimum absolute atomic E-state index is 0.302. The van der Waals surface area contributed by atoms with Crippen molar-refractivity contribution in [3.63, 3.8) is 0 Å². The number of nitrogen functional groups attached to an aromatic ring is 2. The van der Waals surface area contributed by atoms with Crippen LogP contribution in [0.4, 0.5) is 20.2 Å². The summed E-state index contributed by atoms with van der Waals surface area (Å²) in [5.41, 5.74) is 8.97. The van der Waals surface area contributed by atoms with Gasteiger partial charge in [0.05, 0.1) is 11.4 Å². The highest BCUT2D eigenvalue weighted by Crippen LogP contribution is 2.27. The molecular formula is C6H8F2N4O2S. The molecule has 15 heavy (non-hydrogen) atoms. The maximum absolute atomic E-state index is 12.3. The fraction of sp³-hybridized carbons (Fsp3) is 0.167. The molecule has 0 aliphatic heterocycles. The van der Waals surface area contributed by atoms with Crippen LogP contribution < -0.4 is 16.6 Å². The van der Waals surface area contributed by atoms with Crippen molar-refractivity contribution in [1.82, 2.24) is 4.98 Å². The first-order valence-electron chi connectivity index (χ1n) is 3.60. The van der Waals surface area contributed by atoms with E-state index in [0.717, 1.165) is 6.07 Å². The van der Waals surface area contributed by atoms with Crippen LogP contribution in [0.25, 0.3) is 0 Å². The van der Waals surface area contributed by atoms with Crippen molar-refractivity contribution in [3.8, 4) is 0 Å². The number of aromatic nitrogens is 1. The highest BCUT2D eigenvalue weighted by Gasteiger charge is 2.21. The van der Waals surface area contributed by atoms with Crippen LogP contribution in [0.3, 0.4) is 0 Å². The normalized spacial score (nSPS) is 12.0. The van der Waals surface area contributed by atoms with Crippen molar-refractivity contribution >= 4 is 21.4 Å². The highest BCUT2D eigenvalue weighted by molar-refractivity contribution is 7.89. The van der Waals surface area contributed by atoms with Gasteiger partial charge >= 0.3 is 0 Å². The molecule has 0 bridgehead atoms. The number of nitrogens with two attached hydrogens (primary N) is 3. The number of alkyl halides is 2. The third-order valence-electron chi connectivity index (χ3n) is 1.57. The van der Waals surface area contributed by atoms with Crippen molar-refractivity contribution in [2.45, 2.75) is 11.5 Å². The van der Waals surface area contributed by atoms with Gasteiger partial charge in [0.25, 0.3) is 16.4 Å². The number of halogens is 2. The van der Waals surface area contributed by atoms with Crippen molar-refractivity contribution < 1.29 is 17.2 Å². The van der Waals surface area contributed by atoms with E-state index in [1.807, 2.05) is 0 Å². The van der Waals surface area contributed by atoms with Crippen LogP contribution >= 0.6 is 0 Å². The van der Waals surface area contributed by atoms with Gasteiger partial charge in [0.1, 0.15) is 5.69 Å². The van der Waals surface area contributed by atoms with Gasteiger partial charge in [0, 0.05) is 0 Å². The standard InChI is InChI=1S/C6H8F2N4O2S/c7-5(8)3-1-2(9)4(10)6(12-3)15(11,13)14/h1,5H,10H2,(H2,9,12)(H2,11,13,14). The molecule has 1 aromatic heterocycles. The quantitative estimate of drug-likeness (QED) is 0.659. The van der Waals surface area contributed by atoms with Gasteiger partial charge in [0.15, 0.2) is 5.03 Å².